The molecule has 1 spiro atoms. The predicted molar refractivity (Wildman–Crippen MR) is 121 cm³/mol. The van der Waals surface area contributed by atoms with Crippen LogP contribution in [0.5, 0.6) is 0 Å². The third kappa shape index (κ3) is 1.97. The van der Waals surface area contributed by atoms with E-state index in [0.717, 1.165) is 0 Å². The van der Waals surface area contributed by atoms with Crippen molar-refractivity contribution in [1.29, 1.82) is 0 Å². The molecule has 2 aromatic heterocycles. The zero-order valence-electron chi connectivity index (χ0n) is 14.6. The Morgan fingerprint density at radius 1 is 0.556 bits per heavy atom. The Kier molecular flexibility index (Phi) is 3.33. The van der Waals surface area contributed by atoms with E-state index in [1.807, 2.05) is 0 Å². The van der Waals surface area contributed by atoms with Crippen molar-refractivity contribution in [2.24, 2.45) is 0 Å². The van der Waals surface area contributed by atoms with Crippen molar-refractivity contribution in [3.05, 3.63) is 105 Å². The molecule has 4 aromatic rings. The van der Waals surface area contributed by atoms with Crippen LogP contribution >= 0.6 is 22.7 Å². The fourth-order valence-electron chi connectivity index (χ4n) is 4.84. The number of rotatable bonds is 2. The van der Waals surface area contributed by atoms with Crippen LogP contribution in [-0.2, 0) is 0 Å². The lowest BCUT2D eigenvalue weighted by molar-refractivity contribution is 1.71. The van der Waals surface area contributed by atoms with E-state index < -0.39 is 8.07 Å². The number of fused-ring (bicyclic) bond motifs is 5. The molecule has 0 aliphatic carbocycles. The van der Waals surface area contributed by atoms with Crippen molar-refractivity contribution in [1.82, 2.24) is 0 Å². The smallest absolute Gasteiger partial charge is 0.152 e. The van der Waals surface area contributed by atoms with Crippen LogP contribution in [0.25, 0.3) is 21.5 Å². The summed E-state index contributed by atoms with van der Waals surface area (Å²) in [6, 6.07) is 22.8. The standard InChI is InChI=1S/C24H16S2Si/c1-3-7-23-19(5-1)20-6-2-4-8-24(20)27(23)21(17-11-13-25-15-17)9-10-22(27)18-12-14-26-16-18/h1-16H. The van der Waals surface area contributed by atoms with Gasteiger partial charge in [-0.2, -0.15) is 22.7 Å². The van der Waals surface area contributed by atoms with Gasteiger partial charge in [0, 0.05) is 0 Å². The average Bonchev–Trinajstić information content (AvgIpc) is 3.50. The van der Waals surface area contributed by atoms with Crippen LogP contribution in [-0.4, -0.2) is 8.07 Å². The molecule has 0 unspecified atom stereocenters. The molecule has 0 saturated heterocycles. The van der Waals surface area contributed by atoms with E-state index in [-0.39, 0.29) is 0 Å². The molecule has 0 fully saturated rings. The Balaban J connectivity index is 1.75. The molecule has 0 N–H and O–H groups in total. The first-order valence-electron chi connectivity index (χ1n) is 9.08. The summed E-state index contributed by atoms with van der Waals surface area (Å²) in [6.07, 6.45) is 4.81. The Morgan fingerprint density at radius 3 is 1.48 bits per heavy atom. The summed E-state index contributed by atoms with van der Waals surface area (Å²) >= 11 is 3.58. The van der Waals surface area contributed by atoms with Crippen LogP contribution in [0.1, 0.15) is 11.1 Å². The van der Waals surface area contributed by atoms with Gasteiger partial charge in [-0.1, -0.05) is 60.7 Å². The number of hydrogen-bond acceptors (Lipinski definition) is 2. The summed E-state index contributed by atoms with van der Waals surface area (Å²) in [7, 11) is -2.24. The van der Waals surface area contributed by atoms with E-state index in [2.05, 4.69) is 94.3 Å². The Labute approximate surface area is 167 Å². The van der Waals surface area contributed by atoms with Gasteiger partial charge in [-0.25, -0.2) is 0 Å². The van der Waals surface area contributed by atoms with Crippen LogP contribution < -0.4 is 10.4 Å². The fourth-order valence-corrected chi connectivity index (χ4v) is 11.9. The molecule has 0 atom stereocenters. The fraction of sp³-hybridized carbons (Fsp3) is 0. The summed E-state index contributed by atoms with van der Waals surface area (Å²) in [5, 5.41) is 15.2. The normalized spacial score (nSPS) is 16.1. The molecule has 2 aromatic carbocycles. The van der Waals surface area contributed by atoms with Crippen LogP contribution in [0.2, 0.25) is 0 Å². The molecule has 3 heteroatoms. The Hall–Kier alpha value is -2.46. The van der Waals surface area contributed by atoms with Crippen molar-refractivity contribution in [3.8, 4) is 11.1 Å². The van der Waals surface area contributed by atoms with E-state index in [1.54, 1.807) is 33.0 Å². The lowest BCUT2D eigenvalue weighted by atomic mass is 10.1. The molecule has 0 nitrogen and oxygen atoms in total. The number of allylic oxidation sites excluding steroid dienone is 2. The highest BCUT2D eigenvalue weighted by Crippen LogP contribution is 2.47. The van der Waals surface area contributed by atoms with Crippen LogP contribution in [0.4, 0.5) is 0 Å². The zero-order chi connectivity index (χ0) is 17.8. The van der Waals surface area contributed by atoms with Gasteiger partial charge < -0.3 is 0 Å². The van der Waals surface area contributed by atoms with Gasteiger partial charge in [0.1, 0.15) is 0 Å². The van der Waals surface area contributed by atoms with Crippen LogP contribution in [0.15, 0.2) is 94.3 Å². The van der Waals surface area contributed by atoms with Crippen molar-refractivity contribution < 1.29 is 0 Å². The van der Waals surface area contributed by atoms with Gasteiger partial charge in [-0.05, 0) is 76.7 Å². The van der Waals surface area contributed by atoms with Gasteiger partial charge in [0.05, 0.1) is 0 Å². The van der Waals surface area contributed by atoms with Crippen molar-refractivity contribution >= 4 is 51.5 Å². The van der Waals surface area contributed by atoms with Gasteiger partial charge in [0.25, 0.3) is 0 Å². The molecule has 0 radical (unpaired) electrons. The zero-order valence-corrected chi connectivity index (χ0v) is 17.2. The maximum Gasteiger partial charge on any atom is 0.182 e. The van der Waals surface area contributed by atoms with E-state index in [4.69, 9.17) is 0 Å². The third-order valence-electron chi connectivity index (χ3n) is 5.84. The Bertz CT molecular complexity index is 1110. The SMILES string of the molecule is C1=C(c2ccsc2)[Si]2(C(c3ccsc3)=C1)c1ccccc1-c1ccccc12. The highest BCUT2D eigenvalue weighted by Gasteiger charge is 2.53. The van der Waals surface area contributed by atoms with E-state index in [9.17, 15) is 0 Å². The third-order valence-corrected chi connectivity index (χ3v) is 12.2. The first-order chi connectivity index (χ1) is 13.4. The summed E-state index contributed by atoms with van der Waals surface area (Å²) in [5.41, 5.74) is 5.62. The van der Waals surface area contributed by atoms with Gasteiger partial charge >= 0.3 is 0 Å². The predicted octanol–water partition coefficient (Wildman–Crippen LogP) is 5.61. The number of thiophene rings is 2. The molecule has 2 aliphatic heterocycles. The molecule has 128 valence electrons. The second kappa shape index (κ2) is 5.77. The Morgan fingerprint density at radius 2 is 1.04 bits per heavy atom. The molecular formula is C24H16S2Si. The molecule has 6 rings (SSSR count). The van der Waals surface area contributed by atoms with Crippen molar-refractivity contribution in [2.75, 3.05) is 0 Å². The summed E-state index contributed by atoms with van der Waals surface area (Å²) in [4.78, 5) is 0. The molecule has 27 heavy (non-hydrogen) atoms. The molecular weight excluding hydrogens is 380 g/mol. The lowest BCUT2D eigenvalue weighted by Crippen LogP contribution is -2.56. The lowest BCUT2D eigenvalue weighted by Gasteiger charge is -2.31. The molecule has 4 heterocycles. The monoisotopic (exact) mass is 396 g/mol. The van der Waals surface area contributed by atoms with Crippen molar-refractivity contribution in [3.63, 3.8) is 0 Å². The topological polar surface area (TPSA) is 0 Å². The maximum atomic E-state index is 2.40. The van der Waals surface area contributed by atoms with Crippen molar-refractivity contribution in [2.45, 2.75) is 0 Å². The minimum Gasteiger partial charge on any atom is -0.152 e. The molecule has 0 bridgehead atoms. The summed E-state index contributed by atoms with van der Waals surface area (Å²) in [5.74, 6) is 0. The molecule has 0 amide bonds. The van der Waals surface area contributed by atoms with Crippen LogP contribution in [0.3, 0.4) is 0 Å². The summed E-state index contributed by atoms with van der Waals surface area (Å²) < 4.78 is 0. The molecule has 2 aliphatic rings. The second-order valence-electron chi connectivity index (χ2n) is 7.03. The van der Waals surface area contributed by atoms with Gasteiger partial charge in [-0.15, -0.1) is 0 Å². The minimum absolute atomic E-state index is 1.39. The number of hydrogen-bond donors (Lipinski definition) is 0. The largest absolute Gasteiger partial charge is 0.182 e. The van der Waals surface area contributed by atoms with Gasteiger partial charge in [0.15, 0.2) is 8.07 Å². The second-order valence-corrected chi connectivity index (χ2v) is 12.2. The van der Waals surface area contributed by atoms with E-state index in [1.165, 1.54) is 32.6 Å². The highest BCUT2D eigenvalue weighted by atomic mass is 32.1. The first kappa shape index (κ1) is 15.6. The van der Waals surface area contributed by atoms with E-state index >= 15 is 0 Å². The minimum atomic E-state index is -2.24. The maximum absolute atomic E-state index is 2.40. The number of benzene rings is 2. The molecule has 0 saturated carbocycles. The van der Waals surface area contributed by atoms with Gasteiger partial charge in [0.2, 0.25) is 0 Å². The van der Waals surface area contributed by atoms with E-state index in [0.29, 0.717) is 0 Å². The van der Waals surface area contributed by atoms with Crippen LogP contribution in [0, 0.1) is 0 Å². The average molecular weight is 397 g/mol. The highest BCUT2D eigenvalue weighted by molar-refractivity contribution is 7.29. The van der Waals surface area contributed by atoms with Gasteiger partial charge in [-0.3, -0.25) is 0 Å². The quantitative estimate of drug-likeness (QED) is 0.386. The summed E-state index contributed by atoms with van der Waals surface area (Å²) in [6.45, 7) is 0. The first-order valence-corrected chi connectivity index (χ1v) is 13.0.